The van der Waals surface area contributed by atoms with Crippen LogP contribution in [0.3, 0.4) is 0 Å². The van der Waals surface area contributed by atoms with Gasteiger partial charge in [-0.3, -0.25) is 9.69 Å². The number of amides is 1. The van der Waals surface area contributed by atoms with E-state index < -0.39 is 0 Å². The molecule has 2 heterocycles. The number of aromatic nitrogens is 2. The summed E-state index contributed by atoms with van der Waals surface area (Å²) in [6.07, 6.45) is 3.51. The van der Waals surface area contributed by atoms with Crippen molar-refractivity contribution in [3.05, 3.63) is 18.5 Å². The van der Waals surface area contributed by atoms with Crippen molar-refractivity contribution in [3.8, 4) is 0 Å². The van der Waals surface area contributed by atoms with Crippen LogP contribution in [0.2, 0.25) is 0 Å². The van der Waals surface area contributed by atoms with Crippen LogP contribution in [-0.4, -0.2) is 60.0 Å². The Morgan fingerprint density at radius 3 is 2.56 bits per heavy atom. The molecule has 0 radical (unpaired) electrons. The van der Waals surface area contributed by atoms with E-state index in [0.29, 0.717) is 13.1 Å². The van der Waals surface area contributed by atoms with Crippen LogP contribution in [0.25, 0.3) is 0 Å². The van der Waals surface area contributed by atoms with Gasteiger partial charge in [0, 0.05) is 45.1 Å². The van der Waals surface area contributed by atoms with Gasteiger partial charge >= 0.3 is 0 Å². The number of nitrogens with zero attached hydrogens (tertiary/aromatic N) is 4. The Kier molecular flexibility index (Phi) is 4.46. The maximum absolute atomic E-state index is 11.5. The van der Waals surface area contributed by atoms with Gasteiger partial charge in [0.05, 0.1) is 6.54 Å². The number of hydrogen-bond acceptors (Lipinski definition) is 5. The molecular formula is C12H19N5O. The Hall–Kier alpha value is -1.69. The number of carbonyl (C=O) groups is 1. The maximum Gasteiger partial charge on any atom is 0.234 e. The molecule has 98 valence electrons. The number of anilines is 1. The fourth-order valence-corrected chi connectivity index (χ4v) is 2.02. The highest BCUT2D eigenvalue weighted by Crippen LogP contribution is 2.09. The third-order valence-corrected chi connectivity index (χ3v) is 2.95. The molecule has 1 fully saturated rings. The predicted molar refractivity (Wildman–Crippen MR) is 69.4 cm³/mol. The molecule has 0 aromatic carbocycles. The number of hydrogen-bond donors (Lipinski definition) is 1. The lowest BCUT2D eigenvalue weighted by Gasteiger charge is -2.34. The van der Waals surface area contributed by atoms with Crippen molar-refractivity contribution < 1.29 is 4.79 Å². The molecule has 2 rings (SSSR count). The monoisotopic (exact) mass is 249 g/mol. The summed E-state index contributed by atoms with van der Waals surface area (Å²) < 4.78 is 0. The zero-order valence-corrected chi connectivity index (χ0v) is 10.7. The average Bonchev–Trinajstić information content (AvgIpc) is 2.41. The van der Waals surface area contributed by atoms with E-state index in [1.807, 2.05) is 13.0 Å². The molecule has 1 aromatic heterocycles. The van der Waals surface area contributed by atoms with Crippen molar-refractivity contribution in [3.63, 3.8) is 0 Å². The Labute approximate surface area is 107 Å². The summed E-state index contributed by atoms with van der Waals surface area (Å²) in [6.45, 7) is 6.58. The Morgan fingerprint density at radius 1 is 1.28 bits per heavy atom. The van der Waals surface area contributed by atoms with Crippen molar-refractivity contribution in [2.45, 2.75) is 6.92 Å². The van der Waals surface area contributed by atoms with Gasteiger partial charge in [-0.1, -0.05) is 0 Å². The van der Waals surface area contributed by atoms with Gasteiger partial charge in [0.2, 0.25) is 11.9 Å². The number of carbonyl (C=O) groups excluding carboxylic acids is 1. The number of piperazine rings is 1. The fourth-order valence-electron chi connectivity index (χ4n) is 2.02. The molecule has 1 aliphatic rings. The largest absolute Gasteiger partial charge is 0.355 e. The second-order valence-electron chi connectivity index (χ2n) is 4.27. The number of likely N-dealkylation sites (N-methyl/N-ethyl adjacent to an activating group) is 1. The van der Waals surface area contributed by atoms with Crippen LogP contribution in [-0.2, 0) is 4.79 Å². The first-order valence-electron chi connectivity index (χ1n) is 6.30. The molecule has 0 saturated carbocycles. The molecule has 0 spiro atoms. The molecule has 0 bridgehead atoms. The molecule has 1 N–H and O–H groups in total. The van der Waals surface area contributed by atoms with Crippen LogP contribution in [0.1, 0.15) is 6.92 Å². The van der Waals surface area contributed by atoms with Crippen molar-refractivity contribution in [1.82, 2.24) is 20.2 Å². The molecular weight excluding hydrogens is 230 g/mol. The summed E-state index contributed by atoms with van der Waals surface area (Å²) in [5.41, 5.74) is 0. The lowest BCUT2D eigenvalue weighted by atomic mass is 10.3. The standard InChI is InChI=1S/C12H19N5O/c1-2-13-11(18)10-16-6-8-17(9-7-16)12-14-4-3-5-15-12/h3-5H,2,6-10H2,1H3,(H,13,18). The molecule has 1 amide bonds. The van der Waals surface area contributed by atoms with Gasteiger partial charge in [-0.05, 0) is 13.0 Å². The van der Waals surface area contributed by atoms with Crippen LogP contribution >= 0.6 is 0 Å². The quantitative estimate of drug-likeness (QED) is 0.796. The number of nitrogens with one attached hydrogen (secondary N) is 1. The van der Waals surface area contributed by atoms with Gasteiger partial charge in [-0.25, -0.2) is 9.97 Å². The third kappa shape index (κ3) is 3.40. The van der Waals surface area contributed by atoms with Crippen molar-refractivity contribution >= 4 is 11.9 Å². The first-order chi connectivity index (χ1) is 8.79. The summed E-state index contributed by atoms with van der Waals surface area (Å²) in [7, 11) is 0. The molecule has 6 nitrogen and oxygen atoms in total. The van der Waals surface area contributed by atoms with Crippen LogP contribution in [0, 0.1) is 0 Å². The summed E-state index contributed by atoms with van der Waals surface area (Å²) >= 11 is 0. The maximum atomic E-state index is 11.5. The van der Waals surface area contributed by atoms with E-state index in [0.717, 1.165) is 32.1 Å². The van der Waals surface area contributed by atoms with Gasteiger partial charge in [0.25, 0.3) is 0 Å². The van der Waals surface area contributed by atoms with Gasteiger partial charge < -0.3 is 10.2 Å². The fraction of sp³-hybridized carbons (Fsp3) is 0.583. The van der Waals surface area contributed by atoms with Gasteiger partial charge in [-0.2, -0.15) is 0 Å². The summed E-state index contributed by atoms with van der Waals surface area (Å²) in [4.78, 5) is 24.2. The van der Waals surface area contributed by atoms with Crippen LogP contribution in [0.15, 0.2) is 18.5 Å². The molecule has 0 aliphatic carbocycles. The smallest absolute Gasteiger partial charge is 0.234 e. The molecule has 0 atom stereocenters. The zero-order valence-electron chi connectivity index (χ0n) is 10.7. The van der Waals surface area contributed by atoms with Crippen molar-refractivity contribution in [1.29, 1.82) is 0 Å². The molecule has 1 aliphatic heterocycles. The minimum absolute atomic E-state index is 0.0990. The van der Waals surface area contributed by atoms with E-state index in [1.165, 1.54) is 0 Å². The number of rotatable bonds is 4. The molecule has 1 saturated heterocycles. The van der Waals surface area contributed by atoms with Crippen LogP contribution < -0.4 is 10.2 Å². The Balaban J connectivity index is 1.80. The highest BCUT2D eigenvalue weighted by atomic mass is 16.2. The average molecular weight is 249 g/mol. The first kappa shape index (κ1) is 12.8. The normalized spacial score (nSPS) is 16.6. The van der Waals surface area contributed by atoms with E-state index in [1.54, 1.807) is 12.4 Å². The predicted octanol–water partition coefficient (Wildman–Crippen LogP) is -0.265. The topological polar surface area (TPSA) is 61.4 Å². The highest BCUT2D eigenvalue weighted by molar-refractivity contribution is 5.77. The third-order valence-electron chi connectivity index (χ3n) is 2.95. The zero-order chi connectivity index (χ0) is 12.8. The van der Waals surface area contributed by atoms with Gasteiger partial charge in [-0.15, -0.1) is 0 Å². The summed E-state index contributed by atoms with van der Waals surface area (Å²) in [6, 6.07) is 1.81. The minimum Gasteiger partial charge on any atom is -0.355 e. The van der Waals surface area contributed by atoms with E-state index in [2.05, 4.69) is 25.1 Å². The van der Waals surface area contributed by atoms with E-state index in [4.69, 9.17) is 0 Å². The molecule has 6 heteroatoms. The second kappa shape index (κ2) is 6.30. The molecule has 1 aromatic rings. The molecule has 0 unspecified atom stereocenters. The SMILES string of the molecule is CCNC(=O)CN1CCN(c2ncccn2)CC1. The van der Waals surface area contributed by atoms with Gasteiger partial charge in [0.1, 0.15) is 0 Å². The Bertz CT molecular complexity index is 375. The highest BCUT2D eigenvalue weighted by Gasteiger charge is 2.19. The lowest BCUT2D eigenvalue weighted by Crippen LogP contribution is -2.49. The van der Waals surface area contributed by atoms with E-state index in [9.17, 15) is 4.79 Å². The summed E-state index contributed by atoms with van der Waals surface area (Å²) in [5.74, 6) is 0.872. The second-order valence-corrected chi connectivity index (χ2v) is 4.27. The Morgan fingerprint density at radius 2 is 1.94 bits per heavy atom. The van der Waals surface area contributed by atoms with Crippen LogP contribution in [0.4, 0.5) is 5.95 Å². The first-order valence-corrected chi connectivity index (χ1v) is 6.30. The lowest BCUT2D eigenvalue weighted by molar-refractivity contribution is -0.122. The van der Waals surface area contributed by atoms with Crippen LogP contribution in [0.5, 0.6) is 0 Å². The van der Waals surface area contributed by atoms with Gasteiger partial charge in [0.15, 0.2) is 0 Å². The minimum atomic E-state index is 0.0990. The van der Waals surface area contributed by atoms with Crippen molar-refractivity contribution in [2.75, 3.05) is 44.2 Å². The van der Waals surface area contributed by atoms with E-state index in [-0.39, 0.29) is 5.91 Å². The summed E-state index contributed by atoms with van der Waals surface area (Å²) in [5, 5.41) is 2.82. The van der Waals surface area contributed by atoms with Crippen molar-refractivity contribution in [2.24, 2.45) is 0 Å². The van der Waals surface area contributed by atoms with E-state index >= 15 is 0 Å². The molecule has 18 heavy (non-hydrogen) atoms.